The lowest BCUT2D eigenvalue weighted by atomic mass is 9.84. The Morgan fingerprint density at radius 3 is 1.51 bits per heavy atom. The summed E-state index contributed by atoms with van der Waals surface area (Å²) in [6, 6.07) is 69.8. The molecule has 3 heterocycles. The molecule has 0 saturated heterocycles. The van der Waals surface area contributed by atoms with Crippen molar-refractivity contribution in [2.45, 2.75) is 0 Å². The van der Waals surface area contributed by atoms with Crippen LogP contribution in [0.3, 0.4) is 0 Å². The van der Waals surface area contributed by atoms with Gasteiger partial charge in [0.25, 0.3) is 0 Å². The van der Waals surface area contributed by atoms with Crippen molar-refractivity contribution in [3.8, 4) is 33.4 Å². The fourth-order valence-electron chi connectivity index (χ4n) is 10.2. The van der Waals surface area contributed by atoms with Crippen molar-refractivity contribution in [1.29, 1.82) is 0 Å². The average molecular weight is 777 g/mol. The van der Waals surface area contributed by atoms with Crippen LogP contribution in [0.5, 0.6) is 0 Å². The van der Waals surface area contributed by atoms with Crippen LogP contribution < -0.4 is 0 Å². The van der Waals surface area contributed by atoms with Gasteiger partial charge in [0.2, 0.25) is 0 Å². The number of furan rings is 3. The smallest absolute Gasteiger partial charge is 0.143 e. The molecule has 0 fully saturated rings. The topological polar surface area (TPSA) is 39.4 Å². The number of hydrogen-bond acceptors (Lipinski definition) is 3. The molecule has 0 N–H and O–H groups in total. The van der Waals surface area contributed by atoms with E-state index in [9.17, 15) is 0 Å². The lowest BCUT2D eigenvalue weighted by molar-refractivity contribution is 0.658. The third-order valence-corrected chi connectivity index (χ3v) is 13.0. The van der Waals surface area contributed by atoms with Gasteiger partial charge in [0.15, 0.2) is 0 Å². The summed E-state index contributed by atoms with van der Waals surface area (Å²) < 4.78 is 19.5. The third kappa shape index (κ3) is 4.69. The fraction of sp³-hybridized carbons (Fsp3) is 0. The zero-order valence-electron chi connectivity index (χ0n) is 32.7. The van der Waals surface area contributed by atoms with Crippen LogP contribution in [-0.2, 0) is 0 Å². The summed E-state index contributed by atoms with van der Waals surface area (Å²) in [5.41, 5.74) is 12.3. The maximum atomic E-state index is 6.75. The van der Waals surface area contributed by atoms with Gasteiger partial charge in [-0.05, 0) is 126 Å². The molecule has 3 heteroatoms. The lowest BCUT2D eigenvalue weighted by Crippen LogP contribution is -1.91. The van der Waals surface area contributed by atoms with E-state index in [0.29, 0.717) is 0 Å². The summed E-state index contributed by atoms with van der Waals surface area (Å²) in [4.78, 5) is 0. The van der Waals surface area contributed by atoms with Gasteiger partial charge in [0, 0.05) is 43.8 Å². The minimum absolute atomic E-state index is 0.830. The van der Waals surface area contributed by atoms with Gasteiger partial charge in [0.05, 0.1) is 0 Å². The Balaban J connectivity index is 0.882. The molecular formula is C58H32O3. The number of rotatable bonds is 3. The molecule has 0 radical (unpaired) electrons. The van der Waals surface area contributed by atoms with Gasteiger partial charge in [0.1, 0.15) is 33.5 Å². The van der Waals surface area contributed by atoms with Crippen molar-refractivity contribution in [1.82, 2.24) is 0 Å². The second-order valence-electron chi connectivity index (χ2n) is 16.3. The van der Waals surface area contributed by atoms with Gasteiger partial charge in [-0.15, -0.1) is 0 Å². The van der Waals surface area contributed by atoms with Crippen LogP contribution in [0.1, 0.15) is 0 Å². The number of para-hydroxylation sites is 1. The average Bonchev–Trinajstić information content (AvgIpc) is 3.99. The van der Waals surface area contributed by atoms with Crippen molar-refractivity contribution in [2.75, 3.05) is 0 Å². The monoisotopic (exact) mass is 776 g/mol. The molecular weight excluding hydrogens is 745 g/mol. The zero-order valence-corrected chi connectivity index (χ0v) is 32.7. The summed E-state index contributed by atoms with van der Waals surface area (Å²) >= 11 is 0. The highest BCUT2D eigenvalue weighted by atomic mass is 16.3. The van der Waals surface area contributed by atoms with E-state index in [1.54, 1.807) is 0 Å². The molecule has 0 unspecified atom stereocenters. The van der Waals surface area contributed by atoms with Crippen molar-refractivity contribution in [3.63, 3.8) is 0 Å². The van der Waals surface area contributed by atoms with Gasteiger partial charge in [-0.2, -0.15) is 0 Å². The summed E-state index contributed by atoms with van der Waals surface area (Å²) in [7, 11) is 0. The molecule has 14 aromatic rings. The van der Waals surface area contributed by atoms with Crippen LogP contribution in [0.25, 0.3) is 142 Å². The van der Waals surface area contributed by atoms with E-state index in [1.807, 2.05) is 18.2 Å². The highest BCUT2D eigenvalue weighted by molar-refractivity contribution is 6.24. The van der Waals surface area contributed by atoms with Gasteiger partial charge in [-0.3, -0.25) is 0 Å². The lowest BCUT2D eigenvalue weighted by Gasteiger charge is -2.18. The van der Waals surface area contributed by atoms with Crippen molar-refractivity contribution >= 4 is 109 Å². The Morgan fingerprint density at radius 1 is 0.230 bits per heavy atom. The van der Waals surface area contributed by atoms with Gasteiger partial charge < -0.3 is 13.3 Å². The maximum Gasteiger partial charge on any atom is 0.143 e. The van der Waals surface area contributed by atoms with E-state index in [1.165, 1.54) is 49.0 Å². The van der Waals surface area contributed by atoms with Gasteiger partial charge in [-0.25, -0.2) is 0 Å². The minimum atomic E-state index is 0.830. The summed E-state index contributed by atoms with van der Waals surface area (Å²) in [5, 5.41) is 16.3. The highest BCUT2D eigenvalue weighted by Crippen LogP contribution is 2.47. The standard InChI is InChI=1S/C58H32O3/c1-2-12-38-33(10-1)11-9-18-43(38)57-46-16-5-3-14-44(46)56(45-15-4-6-17-47(45)57)37-23-26-42-41-25-21-35(29-52(41)60-53(42)30-37)34-20-24-39-36(28-34)22-27-48-50-31-49-40-13-7-8-19-51(40)59-54(49)32-55(50)61-58(39)48/h1-32H. The van der Waals surface area contributed by atoms with Crippen LogP contribution in [0, 0.1) is 0 Å². The SMILES string of the molecule is c1ccc2c(-c3c4ccccc4c(-c4ccc5c(c4)oc4cc(-c6ccc7c(ccc8c9cc%10c(cc9oc78)oc7ccccc7%10)c6)ccc45)c4ccccc34)cccc2c1. The molecule has 0 spiro atoms. The molecule has 61 heavy (non-hydrogen) atoms. The first-order valence-electron chi connectivity index (χ1n) is 20.8. The Morgan fingerprint density at radius 2 is 0.738 bits per heavy atom. The molecule has 0 amide bonds. The van der Waals surface area contributed by atoms with Gasteiger partial charge >= 0.3 is 0 Å². The summed E-state index contributed by atoms with van der Waals surface area (Å²) in [6.45, 7) is 0. The number of hydrogen-bond donors (Lipinski definition) is 0. The van der Waals surface area contributed by atoms with Crippen molar-refractivity contribution in [2.24, 2.45) is 0 Å². The van der Waals surface area contributed by atoms with E-state index in [4.69, 9.17) is 13.3 Å². The summed E-state index contributed by atoms with van der Waals surface area (Å²) in [5.74, 6) is 0. The third-order valence-electron chi connectivity index (χ3n) is 13.0. The second kappa shape index (κ2) is 12.2. The molecule has 0 saturated carbocycles. The second-order valence-corrected chi connectivity index (χ2v) is 16.3. The Bertz CT molecular complexity index is 4110. The normalized spacial score (nSPS) is 12.3. The molecule has 0 atom stereocenters. The van der Waals surface area contributed by atoms with Crippen LogP contribution >= 0.6 is 0 Å². The first-order chi connectivity index (χ1) is 30.2. The zero-order chi connectivity index (χ0) is 39.8. The molecule has 0 aliphatic heterocycles. The molecule has 3 aromatic heterocycles. The molecule has 11 aromatic carbocycles. The molecule has 0 aliphatic carbocycles. The molecule has 14 rings (SSSR count). The largest absolute Gasteiger partial charge is 0.456 e. The van der Waals surface area contributed by atoms with Crippen LogP contribution in [0.15, 0.2) is 207 Å². The predicted molar refractivity (Wildman–Crippen MR) is 255 cm³/mol. The van der Waals surface area contributed by atoms with Crippen LogP contribution in [-0.4, -0.2) is 0 Å². The molecule has 282 valence electrons. The van der Waals surface area contributed by atoms with Crippen LogP contribution in [0.4, 0.5) is 0 Å². The van der Waals surface area contributed by atoms with E-state index in [-0.39, 0.29) is 0 Å². The minimum Gasteiger partial charge on any atom is -0.456 e. The van der Waals surface area contributed by atoms with E-state index in [0.717, 1.165) is 93.3 Å². The fourth-order valence-corrected chi connectivity index (χ4v) is 10.2. The molecule has 0 aliphatic rings. The van der Waals surface area contributed by atoms with E-state index < -0.39 is 0 Å². The van der Waals surface area contributed by atoms with Crippen molar-refractivity contribution < 1.29 is 13.3 Å². The molecule has 3 nitrogen and oxygen atoms in total. The van der Waals surface area contributed by atoms with Gasteiger partial charge in [-0.1, -0.05) is 133 Å². The number of fused-ring (bicyclic) bond motifs is 14. The van der Waals surface area contributed by atoms with Crippen molar-refractivity contribution in [3.05, 3.63) is 194 Å². The first-order valence-corrected chi connectivity index (χ1v) is 20.8. The summed E-state index contributed by atoms with van der Waals surface area (Å²) in [6.07, 6.45) is 0. The first kappa shape index (κ1) is 32.8. The van der Waals surface area contributed by atoms with Crippen LogP contribution in [0.2, 0.25) is 0 Å². The van der Waals surface area contributed by atoms with E-state index in [2.05, 4.69) is 176 Å². The quantitative estimate of drug-likeness (QED) is 0.168. The highest BCUT2D eigenvalue weighted by Gasteiger charge is 2.20. The maximum absolute atomic E-state index is 6.75. The Hall–Kier alpha value is -8.14. The molecule has 0 bridgehead atoms. The van der Waals surface area contributed by atoms with E-state index >= 15 is 0 Å². The Labute approximate surface area is 348 Å². The predicted octanol–water partition coefficient (Wildman–Crippen LogP) is 17.0. The number of benzene rings is 11. The Kier molecular flexibility index (Phi) is 6.56.